The molecule has 1 fully saturated rings. The molecule has 0 radical (unpaired) electrons. The smallest absolute Gasteiger partial charge is 0.270 e. The number of amides is 1. The molecule has 1 aliphatic heterocycles. The molecule has 1 aliphatic rings. The molecule has 0 bridgehead atoms. The van der Waals surface area contributed by atoms with Crippen LogP contribution >= 0.6 is 0 Å². The van der Waals surface area contributed by atoms with E-state index < -0.39 is 0 Å². The van der Waals surface area contributed by atoms with Gasteiger partial charge in [0.2, 0.25) is 0 Å². The summed E-state index contributed by atoms with van der Waals surface area (Å²) in [7, 11) is 0. The van der Waals surface area contributed by atoms with E-state index in [4.69, 9.17) is 0 Å². The standard InChI is InChI=1S/C24H27N3O2/c1-17(2)19-9-7-18(8-10-19)16-26-11-13-27(14-12-26)24(29)22-15-20-5-3-4-6-21(20)23(28)25-22/h3-10,15,17H,11-14,16H2,1-2H3,(H,25,28). The summed E-state index contributed by atoms with van der Waals surface area (Å²) in [5.41, 5.74) is 2.81. The summed E-state index contributed by atoms with van der Waals surface area (Å²) in [6.07, 6.45) is 0. The van der Waals surface area contributed by atoms with E-state index >= 15 is 0 Å². The molecule has 3 aromatic rings. The highest BCUT2D eigenvalue weighted by molar-refractivity contribution is 5.96. The fourth-order valence-electron chi connectivity index (χ4n) is 3.87. The van der Waals surface area contributed by atoms with Crippen LogP contribution in [-0.2, 0) is 6.54 Å². The molecule has 5 nitrogen and oxygen atoms in total. The number of benzene rings is 2. The van der Waals surface area contributed by atoms with Crippen LogP contribution in [0.4, 0.5) is 0 Å². The van der Waals surface area contributed by atoms with Crippen LogP contribution in [0.25, 0.3) is 10.8 Å². The molecule has 4 rings (SSSR count). The Morgan fingerprint density at radius 1 is 1.00 bits per heavy atom. The molecule has 29 heavy (non-hydrogen) atoms. The van der Waals surface area contributed by atoms with E-state index in [-0.39, 0.29) is 11.5 Å². The van der Waals surface area contributed by atoms with Crippen molar-refractivity contribution in [3.63, 3.8) is 0 Å². The number of carbonyl (C=O) groups is 1. The average molecular weight is 389 g/mol. The molecule has 0 saturated carbocycles. The predicted octanol–water partition coefficient (Wildman–Crippen LogP) is 3.61. The first-order valence-electron chi connectivity index (χ1n) is 10.2. The van der Waals surface area contributed by atoms with Crippen molar-refractivity contribution in [1.29, 1.82) is 0 Å². The normalized spacial score (nSPS) is 15.2. The van der Waals surface area contributed by atoms with Crippen molar-refractivity contribution in [2.45, 2.75) is 26.3 Å². The Hall–Kier alpha value is -2.92. The van der Waals surface area contributed by atoms with Gasteiger partial charge in [-0.05, 0) is 34.6 Å². The average Bonchev–Trinajstić information content (AvgIpc) is 2.74. The molecular formula is C24H27N3O2. The highest BCUT2D eigenvalue weighted by Gasteiger charge is 2.23. The minimum atomic E-state index is -0.213. The van der Waals surface area contributed by atoms with Crippen LogP contribution in [0.15, 0.2) is 59.4 Å². The molecule has 1 saturated heterocycles. The summed E-state index contributed by atoms with van der Waals surface area (Å²) in [5.74, 6) is 0.439. The Balaban J connectivity index is 1.39. The molecule has 1 amide bonds. The van der Waals surface area contributed by atoms with E-state index in [0.29, 0.717) is 30.1 Å². The first kappa shape index (κ1) is 19.4. The van der Waals surface area contributed by atoms with Gasteiger partial charge >= 0.3 is 0 Å². The van der Waals surface area contributed by atoms with Gasteiger partial charge in [0, 0.05) is 38.1 Å². The number of pyridine rings is 1. The van der Waals surface area contributed by atoms with E-state index in [1.54, 1.807) is 12.1 Å². The number of rotatable bonds is 4. The van der Waals surface area contributed by atoms with Crippen molar-refractivity contribution < 1.29 is 4.79 Å². The summed E-state index contributed by atoms with van der Waals surface area (Å²) < 4.78 is 0. The lowest BCUT2D eigenvalue weighted by atomic mass is 10.0. The molecule has 0 spiro atoms. The Morgan fingerprint density at radius 2 is 1.69 bits per heavy atom. The van der Waals surface area contributed by atoms with Crippen molar-refractivity contribution in [1.82, 2.24) is 14.8 Å². The van der Waals surface area contributed by atoms with E-state index in [9.17, 15) is 9.59 Å². The lowest BCUT2D eigenvalue weighted by Gasteiger charge is -2.34. The zero-order valence-corrected chi connectivity index (χ0v) is 17.0. The maximum absolute atomic E-state index is 12.9. The largest absolute Gasteiger partial charge is 0.335 e. The highest BCUT2D eigenvalue weighted by Crippen LogP contribution is 2.17. The summed E-state index contributed by atoms with van der Waals surface area (Å²) in [6.45, 7) is 8.29. The summed E-state index contributed by atoms with van der Waals surface area (Å²) in [6, 6.07) is 17.9. The van der Waals surface area contributed by atoms with Gasteiger partial charge in [-0.1, -0.05) is 56.3 Å². The summed E-state index contributed by atoms with van der Waals surface area (Å²) in [4.78, 5) is 32.1. The van der Waals surface area contributed by atoms with Gasteiger partial charge in [-0.3, -0.25) is 14.5 Å². The highest BCUT2D eigenvalue weighted by atomic mass is 16.2. The Labute approximate surface area is 171 Å². The molecule has 1 N–H and O–H groups in total. The van der Waals surface area contributed by atoms with Gasteiger partial charge in [0.05, 0.1) is 0 Å². The van der Waals surface area contributed by atoms with Gasteiger partial charge in [-0.15, -0.1) is 0 Å². The lowest BCUT2D eigenvalue weighted by Crippen LogP contribution is -2.48. The van der Waals surface area contributed by atoms with Gasteiger partial charge < -0.3 is 9.88 Å². The van der Waals surface area contributed by atoms with Crippen LogP contribution in [0.5, 0.6) is 0 Å². The van der Waals surface area contributed by atoms with Crippen LogP contribution in [0.3, 0.4) is 0 Å². The fraction of sp³-hybridized carbons (Fsp3) is 0.333. The number of carbonyl (C=O) groups excluding carboxylic acids is 1. The van der Waals surface area contributed by atoms with Gasteiger partial charge in [-0.25, -0.2) is 0 Å². The van der Waals surface area contributed by atoms with Crippen LogP contribution in [-0.4, -0.2) is 46.9 Å². The third-order valence-corrected chi connectivity index (χ3v) is 5.70. The second-order valence-electron chi connectivity index (χ2n) is 8.06. The summed E-state index contributed by atoms with van der Waals surface area (Å²) in [5, 5.41) is 1.40. The van der Waals surface area contributed by atoms with E-state index in [0.717, 1.165) is 25.0 Å². The van der Waals surface area contributed by atoms with Crippen LogP contribution in [0.1, 0.15) is 41.4 Å². The van der Waals surface area contributed by atoms with Crippen molar-refractivity contribution in [2.24, 2.45) is 0 Å². The van der Waals surface area contributed by atoms with E-state index in [1.807, 2.05) is 23.1 Å². The van der Waals surface area contributed by atoms with Gasteiger partial charge in [0.25, 0.3) is 11.5 Å². The van der Waals surface area contributed by atoms with Gasteiger partial charge in [0.15, 0.2) is 0 Å². The minimum absolute atomic E-state index is 0.103. The fourth-order valence-corrected chi connectivity index (χ4v) is 3.87. The third kappa shape index (κ3) is 4.25. The SMILES string of the molecule is CC(C)c1ccc(CN2CCN(C(=O)c3cc4ccccc4c(=O)[nH]3)CC2)cc1. The minimum Gasteiger partial charge on any atom is -0.335 e. The molecule has 2 heterocycles. The number of H-pyrrole nitrogens is 1. The molecule has 2 aromatic carbocycles. The maximum Gasteiger partial charge on any atom is 0.270 e. The van der Waals surface area contributed by atoms with Crippen LogP contribution in [0, 0.1) is 0 Å². The summed E-state index contributed by atoms with van der Waals surface area (Å²) >= 11 is 0. The number of aromatic nitrogens is 1. The van der Waals surface area contributed by atoms with Crippen molar-refractivity contribution in [3.05, 3.63) is 81.8 Å². The predicted molar refractivity (Wildman–Crippen MR) is 116 cm³/mol. The van der Waals surface area contributed by atoms with E-state index in [2.05, 4.69) is 48.0 Å². The van der Waals surface area contributed by atoms with Crippen LogP contribution in [0.2, 0.25) is 0 Å². The number of nitrogens with one attached hydrogen (secondary N) is 1. The van der Waals surface area contributed by atoms with Gasteiger partial charge in [0.1, 0.15) is 5.69 Å². The zero-order valence-electron chi connectivity index (χ0n) is 17.0. The Morgan fingerprint density at radius 3 is 2.38 bits per heavy atom. The van der Waals surface area contributed by atoms with Crippen molar-refractivity contribution in [3.8, 4) is 0 Å². The quantitative estimate of drug-likeness (QED) is 0.742. The number of piperazine rings is 1. The number of nitrogens with zero attached hydrogens (tertiary/aromatic N) is 2. The topological polar surface area (TPSA) is 56.4 Å². The number of fused-ring (bicyclic) bond motifs is 1. The second kappa shape index (κ2) is 8.21. The number of hydrogen-bond donors (Lipinski definition) is 1. The second-order valence-corrected chi connectivity index (χ2v) is 8.06. The molecule has 0 aliphatic carbocycles. The first-order chi connectivity index (χ1) is 14.0. The van der Waals surface area contributed by atoms with E-state index in [1.165, 1.54) is 11.1 Å². The Kier molecular flexibility index (Phi) is 5.49. The zero-order chi connectivity index (χ0) is 20.4. The number of hydrogen-bond acceptors (Lipinski definition) is 3. The number of aromatic amines is 1. The molecule has 0 atom stereocenters. The Bertz CT molecular complexity index is 1060. The molecular weight excluding hydrogens is 362 g/mol. The molecule has 0 unspecified atom stereocenters. The third-order valence-electron chi connectivity index (χ3n) is 5.70. The van der Waals surface area contributed by atoms with Crippen LogP contribution < -0.4 is 5.56 Å². The molecule has 1 aromatic heterocycles. The lowest BCUT2D eigenvalue weighted by molar-refractivity contribution is 0.0622. The first-order valence-corrected chi connectivity index (χ1v) is 10.2. The monoisotopic (exact) mass is 389 g/mol. The maximum atomic E-state index is 12.9. The van der Waals surface area contributed by atoms with Gasteiger partial charge in [-0.2, -0.15) is 0 Å². The molecule has 5 heteroatoms. The molecule has 150 valence electrons. The van der Waals surface area contributed by atoms with Crippen molar-refractivity contribution >= 4 is 16.7 Å². The van der Waals surface area contributed by atoms with Crippen molar-refractivity contribution in [2.75, 3.05) is 26.2 Å².